The van der Waals surface area contributed by atoms with E-state index in [1.165, 1.54) is 0 Å². The normalized spacial score (nSPS) is 12.2. The molecule has 0 fully saturated rings. The average molecular weight is 387 g/mol. The molecule has 2 aromatic rings. The highest BCUT2D eigenvalue weighted by atomic mass is 127. The quantitative estimate of drug-likeness (QED) is 0.483. The molecule has 110 valence electrons. The second-order valence-electron chi connectivity index (χ2n) is 5.57. The van der Waals surface area contributed by atoms with Crippen molar-refractivity contribution in [3.8, 4) is 0 Å². The number of aromatic nitrogens is 2. The lowest BCUT2D eigenvalue weighted by Gasteiger charge is -2.21. The van der Waals surface area contributed by atoms with Gasteiger partial charge in [-0.05, 0) is 32.9 Å². The van der Waals surface area contributed by atoms with E-state index in [4.69, 9.17) is 5.73 Å². The molecule has 0 radical (unpaired) electrons. The molecular weight excluding hydrogens is 365 g/mol. The minimum absolute atomic E-state index is 0. The number of imidazole rings is 1. The first-order chi connectivity index (χ1) is 8.96. The summed E-state index contributed by atoms with van der Waals surface area (Å²) in [5.41, 5.74) is 7.90. The third kappa shape index (κ3) is 4.66. The van der Waals surface area contributed by atoms with E-state index in [1.807, 2.05) is 24.5 Å². The molecular formula is C14H22IN5. The highest BCUT2D eigenvalue weighted by Crippen LogP contribution is 2.11. The van der Waals surface area contributed by atoms with Crippen molar-refractivity contribution in [1.29, 1.82) is 0 Å². The first-order valence-corrected chi connectivity index (χ1v) is 6.44. The summed E-state index contributed by atoms with van der Waals surface area (Å²) in [7, 11) is 0. The summed E-state index contributed by atoms with van der Waals surface area (Å²) in [6, 6.07) is 8.07. The Labute approximate surface area is 136 Å². The van der Waals surface area contributed by atoms with Crippen LogP contribution in [0.3, 0.4) is 0 Å². The summed E-state index contributed by atoms with van der Waals surface area (Å²) in [6.45, 7) is 7.57. The van der Waals surface area contributed by atoms with Crippen LogP contribution in [-0.4, -0.2) is 27.6 Å². The van der Waals surface area contributed by atoms with Gasteiger partial charge in [-0.15, -0.1) is 24.0 Å². The lowest BCUT2D eigenvalue weighted by molar-refractivity contribution is 0.507. The first-order valence-electron chi connectivity index (χ1n) is 6.44. The van der Waals surface area contributed by atoms with Gasteiger partial charge in [-0.25, -0.2) is 4.98 Å². The lowest BCUT2D eigenvalue weighted by Crippen LogP contribution is -2.45. The molecule has 5 nitrogen and oxygen atoms in total. The SMILES string of the molecule is CC(C)(C)NC(N)=NCCn1cnc2ccccc21.I. The van der Waals surface area contributed by atoms with Crippen LogP contribution in [0.15, 0.2) is 35.6 Å². The van der Waals surface area contributed by atoms with E-state index < -0.39 is 0 Å². The second kappa shape index (κ2) is 6.92. The van der Waals surface area contributed by atoms with Gasteiger partial charge in [-0.3, -0.25) is 4.99 Å². The number of benzene rings is 1. The van der Waals surface area contributed by atoms with Crippen molar-refractivity contribution >= 4 is 41.0 Å². The highest BCUT2D eigenvalue weighted by Gasteiger charge is 2.09. The lowest BCUT2D eigenvalue weighted by atomic mass is 10.1. The Morgan fingerprint density at radius 1 is 1.35 bits per heavy atom. The number of para-hydroxylation sites is 2. The molecule has 0 aliphatic heterocycles. The van der Waals surface area contributed by atoms with E-state index in [-0.39, 0.29) is 29.5 Å². The van der Waals surface area contributed by atoms with Crippen LogP contribution in [0.4, 0.5) is 0 Å². The van der Waals surface area contributed by atoms with Gasteiger partial charge in [0.05, 0.1) is 23.9 Å². The zero-order valence-corrected chi connectivity index (χ0v) is 14.5. The number of fused-ring (bicyclic) bond motifs is 1. The van der Waals surface area contributed by atoms with Crippen LogP contribution in [0.2, 0.25) is 0 Å². The van der Waals surface area contributed by atoms with Crippen LogP contribution in [-0.2, 0) is 6.54 Å². The Morgan fingerprint density at radius 3 is 2.75 bits per heavy atom. The van der Waals surface area contributed by atoms with Crippen LogP contribution >= 0.6 is 24.0 Å². The van der Waals surface area contributed by atoms with Gasteiger partial charge in [0, 0.05) is 12.1 Å². The minimum atomic E-state index is -0.0602. The van der Waals surface area contributed by atoms with Crippen LogP contribution in [0, 0.1) is 0 Å². The van der Waals surface area contributed by atoms with Gasteiger partial charge in [0.1, 0.15) is 0 Å². The van der Waals surface area contributed by atoms with Gasteiger partial charge < -0.3 is 15.6 Å². The average Bonchev–Trinajstić information content (AvgIpc) is 2.70. The van der Waals surface area contributed by atoms with Gasteiger partial charge in [-0.1, -0.05) is 12.1 Å². The Kier molecular flexibility index (Phi) is 5.79. The van der Waals surface area contributed by atoms with E-state index in [0.29, 0.717) is 12.5 Å². The summed E-state index contributed by atoms with van der Waals surface area (Å²) < 4.78 is 2.09. The molecule has 0 aliphatic rings. The summed E-state index contributed by atoms with van der Waals surface area (Å²) in [5.74, 6) is 0.483. The van der Waals surface area contributed by atoms with Crippen LogP contribution in [0.25, 0.3) is 11.0 Å². The van der Waals surface area contributed by atoms with E-state index in [2.05, 4.69) is 46.7 Å². The molecule has 1 aromatic heterocycles. The summed E-state index contributed by atoms with van der Waals surface area (Å²) in [4.78, 5) is 8.67. The van der Waals surface area contributed by atoms with Crippen molar-refractivity contribution in [1.82, 2.24) is 14.9 Å². The maximum atomic E-state index is 5.83. The number of guanidine groups is 1. The molecule has 0 atom stereocenters. The van der Waals surface area contributed by atoms with Crippen molar-refractivity contribution in [2.45, 2.75) is 32.9 Å². The largest absolute Gasteiger partial charge is 0.370 e. The second-order valence-corrected chi connectivity index (χ2v) is 5.57. The third-order valence-electron chi connectivity index (χ3n) is 2.65. The number of halogens is 1. The number of nitrogens with two attached hydrogens (primary N) is 1. The van der Waals surface area contributed by atoms with Gasteiger partial charge in [0.2, 0.25) is 0 Å². The molecule has 0 aliphatic carbocycles. The molecule has 0 amide bonds. The first kappa shape index (κ1) is 16.7. The van der Waals surface area contributed by atoms with E-state index in [1.54, 1.807) is 0 Å². The molecule has 6 heteroatoms. The Morgan fingerprint density at radius 2 is 2.05 bits per heavy atom. The number of hydrogen-bond acceptors (Lipinski definition) is 2. The monoisotopic (exact) mass is 387 g/mol. The maximum absolute atomic E-state index is 5.83. The van der Waals surface area contributed by atoms with Gasteiger partial charge in [0.25, 0.3) is 0 Å². The number of aliphatic imine (C=N–C) groups is 1. The molecule has 0 saturated heterocycles. The number of rotatable bonds is 3. The topological polar surface area (TPSA) is 68.2 Å². The predicted octanol–water partition coefficient (Wildman–Crippen LogP) is 2.36. The summed E-state index contributed by atoms with van der Waals surface area (Å²) >= 11 is 0. The highest BCUT2D eigenvalue weighted by molar-refractivity contribution is 14.0. The molecule has 0 unspecified atom stereocenters. The van der Waals surface area contributed by atoms with Gasteiger partial charge in [0.15, 0.2) is 5.96 Å². The van der Waals surface area contributed by atoms with Gasteiger partial charge in [-0.2, -0.15) is 0 Å². The van der Waals surface area contributed by atoms with Crippen LogP contribution in [0.5, 0.6) is 0 Å². The zero-order valence-electron chi connectivity index (χ0n) is 12.1. The molecule has 2 rings (SSSR count). The smallest absolute Gasteiger partial charge is 0.189 e. The van der Waals surface area contributed by atoms with Crippen molar-refractivity contribution in [2.24, 2.45) is 10.7 Å². The number of nitrogens with one attached hydrogen (secondary N) is 1. The number of nitrogens with zero attached hydrogens (tertiary/aromatic N) is 3. The standard InChI is InChI=1S/C14H21N5.HI/c1-14(2,3)18-13(15)16-8-9-19-10-17-11-6-4-5-7-12(11)19;/h4-7,10H,8-9H2,1-3H3,(H3,15,16,18);1H. The van der Waals surface area contributed by atoms with Gasteiger partial charge >= 0.3 is 0 Å². The fraction of sp³-hybridized carbons (Fsp3) is 0.429. The summed E-state index contributed by atoms with van der Waals surface area (Å²) in [6.07, 6.45) is 1.84. The Balaban J connectivity index is 0.00000200. The fourth-order valence-electron chi connectivity index (χ4n) is 1.89. The molecule has 0 saturated carbocycles. The van der Waals surface area contributed by atoms with E-state index in [0.717, 1.165) is 17.6 Å². The Bertz CT molecular complexity index is 583. The fourth-order valence-corrected chi connectivity index (χ4v) is 1.89. The van der Waals surface area contributed by atoms with Crippen molar-refractivity contribution in [3.05, 3.63) is 30.6 Å². The predicted molar refractivity (Wildman–Crippen MR) is 94.5 cm³/mol. The minimum Gasteiger partial charge on any atom is -0.370 e. The number of hydrogen-bond donors (Lipinski definition) is 2. The van der Waals surface area contributed by atoms with E-state index in [9.17, 15) is 0 Å². The summed E-state index contributed by atoms with van der Waals surface area (Å²) in [5, 5.41) is 3.14. The third-order valence-corrected chi connectivity index (χ3v) is 2.65. The molecule has 0 spiro atoms. The van der Waals surface area contributed by atoms with Crippen molar-refractivity contribution < 1.29 is 0 Å². The van der Waals surface area contributed by atoms with E-state index >= 15 is 0 Å². The van der Waals surface area contributed by atoms with Crippen LogP contribution < -0.4 is 11.1 Å². The molecule has 20 heavy (non-hydrogen) atoms. The zero-order chi connectivity index (χ0) is 13.9. The molecule has 0 bridgehead atoms. The van der Waals surface area contributed by atoms with Crippen molar-refractivity contribution in [3.63, 3.8) is 0 Å². The Hall–Kier alpha value is -1.31. The van der Waals surface area contributed by atoms with Crippen molar-refractivity contribution in [2.75, 3.05) is 6.54 Å². The van der Waals surface area contributed by atoms with Crippen LogP contribution in [0.1, 0.15) is 20.8 Å². The maximum Gasteiger partial charge on any atom is 0.189 e. The molecule has 3 N–H and O–H groups in total. The molecule has 1 heterocycles. The molecule has 1 aromatic carbocycles.